The lowest BCUT2D eigenvalue weighted by atomic mass is 10.0. The van der Waals surface area contributed by atoms with Crippen molar-refractivity contribution in [1.29, 1.82) is 0 Å². The summed E-state index contributed by atoms with van der Waals surface area (Å²) in [5.74, 6) is -0.370. The van der Waals surface area contributed by atoms with E-state index in [-0.39, 0.29) is 5.97 Å². The van der Waals surface area contributed by atoms with Crippen LogP contribution in [0.25, 0.3) is 22.0 Å². The Kier molecular flexibility index (Phi) is 4.70. The number of benzene rings is 2. The van der Waals surface area contributed by atoms with E-state index in [1.165, 1.54) is 7.11 Å². The highest BCUT2D eigenvalue weighted by Gasteiger charge is 2.14. The van der Waals surface area contributed by atoms with Gasteiger partial charge in [0, 0.05) is 29.4 Å². The SMILES string of the molecule is COC(=O)c1ccc(-c2cc3nn(CCC(C)(C)O)cc3cc2N)cc1. The number of fused-ring (bicyclic) bond motifs is 1. The largest absolute Gasteiger partial charge is 0.465 e. The summed E-state index contributed by atoms with van der Waals surface area (Å²) in [7, 11) is 1.36. The summed E-state index contributed by atoms with van der Waals surface area (Å²) in [6.07, 6.45) is 2.54. The van der Waals surface area contributed by atoms with E-state index in [4.69, 9.17) is 10.5 Å². The third-order valence-corrected chi connectivity index (χ3v) is 4.29. The Labute approximate surface area is 152 Å². The third kappa shape index (κ3) is 3.86. The van der Waals surface area contributed by atoms with E-state index < -0.39 is 5.60 Å². The number of carbonyl (C=O) groups excluding carboxylic acids is 1. The smallest absolute Gasteiger partial charge is 0.337 e. The van der Waals surface area contributed by atoms with Gasteiger partial charge in [0.15, 0.2) is 0 Å². The highest BCUT2D eigenvalue weighted by molar-refractivity contribution is 5.93. The van der Waals surface area contributed by atoms with Crippen molar-refractivity contribution in [3.63, 3.8) is 0 Å². The lowest BCUT2D eigenvalue weighted by molar-refractivity contribution is 0.0599. The zero-order valence-corrected chi connectivity index (χ0v) is 15.2. The van der Waals surface area contributed by atoms with Gasteiger partial charge in [-0.15, -0.1) is 0 Å². The average molecular weight is 353 g/mol. The number of hydrogen-bond acceptors (Lipinski definition) is 5. The molecule has 136 valence electrons. The quantitative estimate of drug-likeness (QED) is 0.543. The maximum Gasteiger partial charge on any atom is 0.337 e. The summed E-state index contributed by atoms with van der Waals surface area (Å²) in [6, 6.07) is 11.0. The second-order valence-corrected chi connectivity index (χ2v) is 7.02. The number of nitrogens with zero attached hydrogens (tertiary/aromatic N) is 2. The Morgan fingerprint density at radius 2 is 1.96 bits per heavy atom. The molecule has 26 heavy (non-hydrogen) atoms. The molecule has 3 N–H and O–H groups in total. The van der Waals surface area contributed by atoms with E-state index in [0.29, 0.717) is 24.2 Å². The number of nitrogens with two attached hydrogens (primary N) is 1. The van der Waals surface area contributed by atoms with E-state index in [9.17, 15) is 9.90 Å². The molecule has 0 saturated heterocycles. The van der Waals surface area contributed by atoms with Gasteiger partial charge >= 0.3 is 5.97 Å². The third-order valence-electron chi connectivity index (χ3n) is 4.29. The summed E-state index contributed by atoms with van der Waals surface area (Å²) in [4.78, 5) is 11.6. The molecule has 0 bridgehead atoms. The molecular weight excluding hydrogens is 330 g/mol. The first-order chi connectivity index (χ1) is 12.3. The summed E-state index contributed by atoms with van der Waals surface area (Å²) in [6.45, 7) is 4.19. The van der Waals surface area contributed by atoms with Crippen LogP contribution in [0.3, 0.4) is 0 Å². The minimum Gasteiger partial charge on any atom is -0.465 e. The van der Waals surface area contributed by atoms with Crippen molar-refractivity contribution in [3.8, 4) is 11.1 Å². The van der Waals surface area contributed by atoms with Crippen LogP contribution in [0.15, 0.2) is 42.6 Å². The normalized spacial score (nSPS) is 11.7. The van der Waals surface area contributed by atoms with Gasteiger partial charge in [0.2, 0.25) is 0 Å². The van der Waals surface area contributed by atoms with E-state index >= 15 is 0 Å². The fourth-order valence-corrected chi connectivity index (χ4v) is 2.80. The maximum absolute atomic E-state index is 11.6. The van der Waals surface area contributed by atoms with E-state index in [1.54, 1.807) is 26.0 Å². The molecule has 0 atom stereocenters. The molecule has 6 heteroatoms. The number of aliphatic hydroxyl groups is 1. The minimum atomic E-state index is -0.732. The van der Waals surface area contributed by atoms with Gasteiger partial charge in [0.05, 0.1) is 23.8 Å². The molecule has 0 fully saturated rings. The van der Waals surface area contributed by atoms with E-state index in [2.05, 4.69) is 5.10 Å². The number of rotatable bonds is 5. The predicted molar refractivity (Wildman–Crippen MR) is 102 cm³/mol. The molecule has 0 spiro atoms. The monoisotopic (exact) mass is 353 g/mol. The molecule has 3 aromatic rings. The van der Waals surface area contributed by atoms with Crippen molar-refractivity contribution in [2.45, 2.75) is 32.4 Å². The Balaban J connectivity index is 1.91. The van der Waals surface area contributed by atoms with E-state index in [1.807, 2.05) is 35.1 Å². The molecule has 1 aromatic heterocycles. The fraction of sp³-hybridized carbons (Fsp3) is 0.300. The number of hydrogen-bond donors (Lipinski definition) is 2. The van der Waals surface area contributed by atoms with Gasteiger partial charge in [0.25, 0.3) is 0 Å². The lowest BCUT2D eigenvalue weighted by Crippen LogP contribution is -2.21. The molecule has 0 unspecified atom stereocenters. The van der Waals surface area contributed by atoms with Crippen LogP contribution < -0.4 is 5.73 Å². The molecule has 0 aliphatic heterocycles. The predicted octanol–water partition coefficient (Wildman–Crippen LogP) is 3.23. The zero-order valence-electron chi connectivity index (χ0n) is 15.2. The summed E-state index contributed by atoms with van der Waals surface area (Å²) in [5, 5.41) is 15.4. The van der Waals surface area contributed by atoms with Crippen molar-refractivity contribution in [3.05, 3.63) is 48.2 Å². The average Bonchev–Trinajstić information content (AvgIpc) is 3.00. The molecule has 0 radical (unpaired) electrons. The first-order valence-electron chi connectivity index (χ1n) is 8.45. The number of methoxy groups -OCH3 is 1. The Morgan fingerprint density at radius 3 is 2.58 bits per heavy atom. The van der Waals surface area contributed by atoms with Crippen LogP contribution in [0.2, 0.25) is 0 Å². The Morgan fingerprint density at radius 1 is 1.27 bits per heavy atom. The zero-order chi connectivity index (χ0) is 18.9. The number of ether oxygens (including phenoxy) is 1. The summed E-state index contributed by atoms with van der Waals surface area (Å²) >= 11 is 0. The number of aromatic nitrogens is 2. The van der Waals surface area contributed by atoms with Gasteiger partial charge in [0.1, 0.15) is 0 Å². The van der Waals surface area contributed by atoms with Crippen molar-refractivity contribution >= 4 is 22.6 Å². The van der Waals surface area contributed by atoms with Crippen LogP contribution in [-0.2, 0) is 11.3 Å². The number of nitrogen functional groups attached to an aromatic ring is 1. The Hall–Kier alpha value is -2.86. The summed E-state index contributed by atoms with van der Waals surface area (Å²) < 4.78 is 6.54. The number of esters is 1. The van der Waals surface area contributed by atoms with Crippen molar-refractivity contribution in [2.75, 3.05) is 12.8 Å². The van der Waals surface area contributed by atoms with Gasteiger partial charge in [-0.05, 0) is 50.1 Å². The van der Waals surface area contributed by atoms with Gasteiger partial charge in [-0.3, -0.25) is 4.68 Å². The van der Waals surface area contributed by atoms with Crippen LogP contribution in [0.1, 0.15) is 30.6 Å². The lowest BCUT2D eigenvalue weighted by Gasteiger charge is -2.16. The van der Waals surface area contributed by atoms with Gasteiger partial charge < -0.3 is 15.6 Å². The molecule has 1 heterocycles. The number of anilines is 1. The Bertz CT molecular complexity index is 937. The van der Waals surface area contributed by atoms with Gasteiger partial charge in [-0.1, -0.05) is 12.1 Å². The molecule has 0 amide bonds. The molecule has 0 aliphatic rings. The number of aryl methyl sites for hydroxylation is 1. The van der Waals surface area contributed by atoms with Crippen LogP contribution in [0, 0.1) is 0 Å². The van der Waals surface area contributed by atoms with Gasteiger partial charge in [-0.25, -0.2) is 4.79 Å². The van der Waals surface area contributed by atoms with Crippen LogP contribution in [0.5, 0.6) is 0 Å². The second kappa shape index (κ2) is 6.80. The molecule has 2 aromatic carbocycles. The van der Waals surface area contributed by atoms with Crippen LogP contribution in [0.4, 0.5) is 5.69 Å². The first-order valence-corrected chi connectivity index (χ1v) is 8.45. The topological polar surface area (TPSA) is 90.4 Å². The second-order valence-electron chi connectivity index (χ2n) is 7.02. The van der Waals surface area contributed by atoms with Gasteiger partial charge in [-0.2, -0.15) is 5.10 Å². The van der Waals surface area contributed by atoms with Crippen LogP contribution in [-0.4, -0.2) is 33.6 Å². The highest BCUT2D eigenvalue weighted by atomic mass is 16.5. The summed E-state index contributed by atoms with van der Waals surface area (Å²) in [5.41, 5.74) is 9.23. The first kappa shape index (κ1) is 17.9. The van der Waals surface area contributed by atoms with E-state index in [0.717, 1.165) is 22.0 Å². The molecule has 3 rings (SSSR count). The minimum absolute atomic E-state index is 0.370. The standard InChI is InChI=1S/C20H23N3O3/c1-20(2,25)8-9-23-12-15-10-17(21)16(11-18(15)22-23)13-4-6-14(7-5-13)19(24)26-3/h4-7,10-12,25H,8-9,21H2,1-3H3. The maximum atomic E-state index is 11.6. The molecule has 0 aliphatic carbocycles. The molecule has 6 nitrogen and oxygen atoms in total. The van der Waals surface area contributed by atoms with Crippen molar-refractivity contribution < 1.29 is 14.6 Å². The van der Waals surface area contributed by atoms with Crippen molar-refractivity contribution in [1.82, 2.24) is 9.78 Å². The fourth-order valence-electron chi connectivity index (χ4n) is 2.80. The molecule has 0 saturated carbocycles. The van der Waals surface area contributed by atoms with Crippen molar-refractivity contribution in [2.24, 2.45) is 0 Å². The van der Waals surface area contributed by atoms with Crippen LogP contribution >= 0.6 is 0 Å². The highest BCUT2D eigenvalue weighted by Crippen LogP contribution is 2.30. The number of carbonyl (C=O) groups is 1. The molecular formula is C20H23N3O3.